The Balaban J connectivity index is 1.20. The van der Waals surface area contributed by atoms with Crippen LogP contribution >= 0.6 is 0 Å². The largest absolute Gasteiger partial charge is 0.419 e. The van der Waals surface area contributed by atoms with E-state index in [2.05, 4.69) is 14.6 Å². The van der Waals surface area contributed by atoms with E-state index in [1.54, 1.807) is 25.2 Å². The molecule has 5 rings (SSSR count). The molecule has 1 fully saturated rings. The van der Waals surface area contributed by atoms with E-state index in [-0.39, 0.29) is 16.6 Å². The minimum absolute atomic E-state index is 0.0595. The van der Waals surface area contributed by atoms with E-state index in [0.29, 0.717) is 19.5 Å². The zero-order valence-electron chi connectivity index (χ0n) is 24.0. The fraction of sp³-hybridized carbons (Fsp3) is 0.516. The summed E-state index contributed by atoms with van der Waals surface area (Å²) in [6.07, 6.45) is 5.70. The Morgan fingerprint density at radius 3 is 2.55 bits per heavy atom. The summed E-state index contributed by atoms with van der Waals surface area (Å²) in [4.78, 5) is 7.84. The Morgan fingerprint density at radius 1 is 1.10 bits per heavy atom. The van der Waals surface area contributed by atoms with E-state index >= 15 is 0 Å². The summed E-state index contributed by atoms with van der Waals surface area (Å²) >= 11 is 0. The van der Waals surface area contributed by atoms with Gasteiger partial charge in [0.25, 0.3) is 10.0 Å². The lowest BCUT2D eigenvalue weighted by atomic mass is 9.98. The van der Waals surface area contributed by atoms with Gasteiger partial charge in [0.15, 0.2) is 0 Å². The normalized spacial score (nSPS) is 20.9. The van der Waals surface area contributed by atoms with E-state index in [9.17, 15) is 26.0 Å². The molecule has 42 heavy (non-hydrogen) atoms. The number of rotatable bonds is 9. The Bertz CT molecular complexity index is 1450. The van der Waals surface area contributed by atoms with Crippen molar-refractivity contribution in [2.24, 2.45) is 10.9 Å². The summed E-state index contributed by atoms with van der Waals surface area (Å²) in [5, 5.41) is 0. The van der Waals surface area contributed by atoms with Crippen LogP contribution in [0.5, 0.6) is 0 Å². The van der Waals surface area contributed by atoms with Crippen LogP contribution in [0.15, 0.2) is 58.1 Å². The maximum absolute atomic E-state index is 14.9. The van der Waals surface area contributed by atoms with E-state index in [1.807, 2.05) is 6.92 Å². The van der Waals surface area contributed by atoms with Gasteiger partial charge < -0.3 is 4.90 Å². The fourth-order valence-corrected chi connectivity index (χ4v) is 7.47. The minimum Gasteiger partial charge on any atom is -0.357 e. The average Bonchev–Trinajstić information content (AvgIpc) is 3.46. The van der Waals surface area contributed by atoms with Crippen LogP contribution in [0.1, 0.15) is 62.1 Å². The summed E-state index contributed by atoms with van der Waals surface area (Å²) < 4.78 is 82.8. The SMILES string of the molecule is CC(C1N=CC(C(F)(F)F)=CN1C)N1CCc2cc(S(=O)(=O)Nc3ccc(CCCC4CCCC4)cc3F)ccc2C1. The molecule has 6 nitrogen and oxygen atoms in total. The van der Waals surface area contributed by atoms with Crippen molar-refractivity contribution < 1.29 is 26.0 Å². The van der Waals surface area contributed by atoms with E-state index in [1.165, 1.54) is 48.8 Å². The number of nitrogens with one attached hydrogen (secondary N) is 1. The van der Waals surface area contributed by atoms with Gasteiger partial charge in [0.1, 0.15) is 12.0 Å². The number of benzene rings is 2. The summed E-state index contributed by atoms with van der Waals surface area (Å²) in [7, 11) is -2.43. The average molecular weight is 607 g/mol. The highest BCUT2D eigenvalue weighted by Crippen LogP contribution is 2.31. The number of hydrogen-bond donors (Lipinski definition) is 1. The number of sulfonamides is 1. The maximum atomic E-state index is 14.9. The first-order chi connectivity index (χ1) is 19.9. The fourth-order valence-electron chi connectivity index (χ4n) is 6.35. The van der Waals surface area contributed by atoms with Crippen LogP contribution in [0.25, 0.3) is 0 Å². The first kappa shape index (κ1) is 30.5. The van der Waals surface area contributed by atoms with Crippen molar-refractivity contribution in [2.75, 3.05) is 18.3 Å². The van der Waals surface area contributed by atoms with Crippen LogP contribution in [0.4, 0.5) is 23.2 Å². The molecular weight excluding hydrogens is 568 g/mol. The van der Waals surface area contributed by atoms with Crippen molar-refractivity contribution in [3.63, 3.8) is 0 Å². The second-order valence-corrected chi connectivity index (χ2v) is 13.5. The molecule has 3 aliphatic rings. The number of hydrogen-bond acceptors (Lipinski definition) is 5. The third kappa shape index (κ3) is 6.99. The number of halogens is 4. The highest BCUT2D eigenvalue weighted by atomic mass is 32.2. The van der Waals surface area contributed by atoms with Crippen molar-refractivity contribution in [1.29, 1.82) is 0 Å². The van der Waals surface area contributed by atoms with Crippen molar-refractivity contribution >= 4 is 21.9 Å². The van der Waals surface area contributed by atoms with Gasteiger partial charge in [0, 0.05) is 38.6 Å². The first-order valence-corrected chi connectivity index (χ1v) is 16.1. The molecule has 0 spiro atoms. The van der Waals surface area contributed by atoms with Gasteiger partial charge >= 0.3 is 6.18 Å². The summed E-state index contributed by atoms with van der Waals surface area (Å²) in [6, 6.07) is 9.40. The smallest absolute Gasteiger partial charge is 0.357 e. The lowest BCUT2D eigenvalue weighted by molar-refractivity contribution is -0.0874. The third-order valence-corrected chi connectivity index (χ3v) is 10.2. The van der Waals surface area contributed by atoms with Crippen LogP contribution in [-0.2, 0) is 29.4 Å². The van der Waals surface area contributed by atoms with E-state index in [4.69, 9.17) is 0 Å². The number of nitrogens with zero attached hydrogens (tertiary/aromatic N) is 3. The molecular formula is C31H38F4N4O2S. The molecule has 0 saturated heterocycles. The Labute approximate surface area is 245 Å². The van der Waals surface area contributed by atoms with Crippen LogP contribution in [-0.4, -0.2) is 56.4 Å². The molecule has 0 amide bonds. The Kier molecular flexibility index (Phi) is 8.99. The highest BCUT2D eigenvalue weighted by Gasteiger charge is 2.37. The van der Waals surface area contributed by atoms with Gasteiger partial charge in [-0.25, -0.2) is 12.8 Å². The third-order valence-electron chi connectivity index (χ3n) is 8.82. The lowest BCUT2D eigenvalue weighted by Crippen LogP contribution is -2.49. The summed E-state index contributed by atoms with van der Waals surface area (Å²) in [5.41, 5.74) is 1.81. The first-order valence-electron chi connectivity index (χ1n) is 14.6. The standard InChI is InChI=1S/C31H38F4N4O2S/c1-21(30-36-18-26(20-38(30)2)31(33,34)35)39-15-14-24-17-27(12-11-25(24)19-39)42(40,41)37-29-13-10-23(16-28(29)32)9-5-8-22-6-3-4-7-22/h10-13,16-18,20-22,30,37H,3-9,14-15,19H2,1-2H3. The number of aliphatic imine (C=N–C) groups is 1. The predicted molar refractivity (Wildman–Crippen MR) is 156 cm³/mol. The molecule has 2 aliphatic heterocycles. The number of likely N-dealkylation sites (N-methyl/N-ethyl adjacent to an activating group) is 1. The zero-order chi connectivity index (χ0) is 30.1. The van der Waals surface area contributed by atoms with Gasteiger partial charge in [-0.1, -0.05) is 44.2 Å². The van der Waals surface area contributed by atoms with Gasteiger partial charge in [-0.15, -0.1) is 0 Å². The number of alkyl halides is 3. The van der Waals surface area contributed by atoms with E-state index < -0.39 is 33.8 Å². The van der Waals surface area contributed by atoms with Crippen LogP contribution in [0.2, 0.25) is 0 Å². The highest BCUT2D eigenvalue weighted by molar-refractivity contribution is 7.92. The predicted octanol–water partition coefficient (Wildman–Crippen LogP) is 6.67. The molecule has 1 saturated carbocycles. The molecule has 2 aromatic rings. The monoisotopic (exact) mass is 606 g/mol. The van der Waals surface area contributed by atoms with Crippen molar-refractivity contribution in [3.05, 3.63) is 70.7 Å². The lowest BCUT2D eigenvalue weighted by Gasteiger charge is -2.40. The van der Waals surface area contributed by atoms with Gasteiger partial charge in [-0.05, 0) is 73.1 Å². The number of aryl methyl sites for hydroxylation is 1. The number of anilines is 1. The van der Waals surface area contributed by atoms with Crippen LogP contribution < -0.4 is 4.72 Å². The quantitative estimate of drug-likeness (QED) is 0.324. The summed E-state index contributed by atoms with van der Waals surface area (Å²) in [5.74, 6) is 0.191. The molecule has 0 aromatic heterocycles. The van der Waals surface area contributed by atoms with Crippen molar-refractivity contribution in [2.45, 2.75) is 88.1 Å². The zero-order valence-corrected chi connectivity index (χ0v) is 24.8. The number of allylic oxidation sites excluding steroid dienone is 1. The van der Waals surface area contributed by atoms with E-state index in [0.717, 1.165) is 54.3 Å². The molecule has 0 bridgehead atoms. The molecule has 2 unspecified atom stereocenters. The molecule has 2 atom stereocenters. The van der Waals surface area contributed by atoms with Gasteiger partial charge in [-0.3, -0.25) is 14.6 Å². The second kappa shape index (κ2) is 12.4. The molecule has 2 aromatic carbocycles. The Hall–Kier alpha value is -2.92. The molecule has 1 N–H and O–H groups in total. The minimum atomic E-state index is -4.45. The van der Waals surface area contributed by atoms with Crippen LogP contribution in [0.3, 0.4) is 0 Å². The molecule has 228 valence electrons. The molecule has 11 heteroatoms. The Morgan fingerprint density at radius 2 is 1.86 bits per heavy atom. The van der Waals surface area contributed by atoms with Gasteiger partial charge in [-0.2, -0.15) is 13.2 Å². The topological polar surface area (TPSA) is 65.0 Å². The van der Waals surface area contributed by atoms with Crippen LogP contribution in [0, 0.1) is 11.7 Å². The van der Waals surface area contributed by atoms with Crippen molar-refractivity contribution in [3.8, 4) is 0 Å². The second-order valence-electron chi connectivity index (χ2n) is 11.8. The molecule has 0 radical (unpaired) electrons. The number of fused-ring (bicyclic) bond motifs is 1. The maximum Gasteiger partial charge on any atom is 0.419 e. The molecule has 2 heterocycles. The van der Waals surface area contributed by atoms with Gasteiger partial charge in [0.2, 0.25) is 0 Å². The van der Waals surface area contributed by atoms with Crippen molar-refractivity contribution in [1.82, 2.24) is 9.80 Å². The van der Waals surface area contributed by atoms with Gasteiger partial charge in [0.05, 0.1) is 16.2 Å². The summed E-state index contributed by atoms with van der Waals surface area (Å²) in [6.45, 7) is 3.03. The molecule has 1 aliphatic carbocycles.